The normalized spacial score (nSPS) is 17.6. The van der Waals surface area contributed by atoms with Crippen LogP contribution in [0.4, 0.5) is 0 Å². The third kappa shape index (κ3) is 7.68. The summed E-state index contributed by atoms with van der Waals surface area (Å²) in [5.41, 5.74) is 5.66. The zero-order valence-corrected chi connectivity index (χ0v) is 28.5. The number of amides is 3. The highest BCUT2D eigenvalue weighted by Gasteiger charge is 2.49. The van der Waals surface area contributed by atoms with Gasteiger partial charge < -0.3 is 34.9 Å². The lowest BCUT2D eigenvalue weighted by molar-refractivity contribution is -0.148. The van der Waals surface area contributed by atoms with Gasteiger partial charge in [0, 0.05) is 11.3 Å². The SMILES string of the molecule is Cc1cccc(C)c1CNC(=O)[C@H]1N(C(=O)[C@@H](O)[C@H](Cc2ccc3c(c2)OCO3)NC(=O)COc2c(C)cccc2C)CSC1(C)C. The van der Waals surface area contributed by atoms with E-state index in [0.29, 0.717) is 23.8 Å². The lowest BCUT2D eigenvalue weighted by Crippen LogP contribution is -2.59. The van der Waals surface area contributed by atoms with Gasteiger partial charge in [0.05, 0.1) is 11.9 Å². The molecule has 2 heterocycles. The molecule has 0 bridgehead atoms. The summed E-state index contributed by atoms with van der Waals surface area (Å²) in [6.07, 6.45) is -1.53. The number of hydrogen-bond donors (Lipinski definition) is 3. The maximum Gasteiger partial charge on any atom is 0.258 e. The van der Waals surface area contributed by atoms with Crippen LogP contribution in [0.25, 0.3) is 0 Å². The third-order valence-electron chi connectivity index (χ3n) is 8.79. The lowest BCUT2D eigenvalue weighted by atomic mass is 9.96. The van der Waals surface area contributed by atoms with Gasteiger partial charge in [-0.2, -0.15) is 0 Å². The van der Waals surface area contributed by atoms with Gasteiger partial charge >= 0.3 is 0 Å². The second-order valence-corrected chi connectivity index (χ2v) is 14.3. The number of para-hydroxylation sites is 1. The van der Waals surface area contributed by atoms with E-state index in [1.54, 1.807) is 18.2 Å². The van der Waals surface area contributed by atoms with E-state index in [-0.39, 0.29) is 31.6 Å². The Morgan fingerprint density at radius 1 is 0.979 bits per heavy atom. The quantitative estimate of drug-likeness (QED) is 0.281. The Morgan fingerprint density at radius 2 is 1.62 bits per heavy atom. The monoisotopic (exact) mass is 661 g/mol. The Hall–Kier alpha value is -4.22. The summed E-state index contributed by atoms with van der Waals surface area (Å²) in [4.78, 5) is 42.4. The first-order chi connectivity index (χ1) is 22.4. The molecule has 3 amide bonds. The second kappa shape index (κ2) is 14.3. The number of rotatable bonds is 11. The molecule has 0 aliphatic carbocycles. The van der Waals surface area contributed by atoms with E-state index >= 15 is 0 Å². The minimum absolute atomic E-state index is 0.102. The van der Waals surface area contributed by atoms with E-state index in [4.69, 9.17) is 14.2 Å². The summed E-state index contributed by atoms with van der Waals surface area (Å²) in [7, 11) is 0. The summed E-state index contributed by atoms with van der Waals surface area (Å²) in [5.74, 6) is 0.523. The van der Waals surface area contributed by atoms with E-state index in [1.807, 2.05) is 77.9 Å². The first-order valence-corrected chi connectivity index (χ1v) is 16.7. The number of hydrogen-bond acceptors (Lipinski definition) is 8. The van der Waals surface area contributed by atoms with Gasteiger partial charge in [-0.15, -0.1) is 11.8 Å². The summed E-state index contributed by atoms with van der Waals surface area (Å²) in [6, 6.07) is 15.1. The van der Waals surface area contributed by atoms with Gasteiger partial charge in [-0.25, -0.2) is 0 Å². The standard InChI is InChI=1S/C36H43N3O7S/c1-21-9-7-10-22(2)26(21)17-37-34(42)33-36(5,6)47-19-39(33)35(43)31(41)27(15-25-13-14-28-29(16-25)46-20-45-28)38-30(40)18-44-32-23(3)11-8-12-24(32)4/h7-14,16,27,31,33,41H,15,17-20H2,1-6H3,(H,37,42)(H,38,40)/t27-,31-,33+/m0/s1. The van der Waals surface area contributed by atoms with E-state index in [9.17, 15) is 19.5 Å². The molecule has 0 spiro atoms. The number of fused-ring (bicyclic) bond motifs is 1. The molecule has 3 N–H and O–H groups in total. The Labute approximate surface area is 280 Å². The van der Waals surface area contributed by atoms with Crippen LogP contribution in [-0.2, 0) is 27.3 Å². The minimum Gasteiger partial charge on any atom is -0.483 e. The van der Waals surface area contributed by atoms with Gasteiger partial charge in [-0.05, 0) is 93.5 Å². The molecule has 250 valence electrons. The number of aliphatic hydroxyl groups excluding tert-OH is 1. The van der Waals surface area contributed by atoms with Crippen LogP contribution in [0, 0.1) is 27.7 Å². The predicted molar refractivity (Wildman–Crippen MR) is 181 cm³/mol. The lowest BCUT2D eigenvalue weighted by Gasteiger charge is -2.33. The van der Waals surface area contributed by atoms with Crippen molar-refractivity contribution >= 4 is 29.5 Å². The number of carbonyl (C=O) groups excluding carboxylic acids is 3. The van der Waals surface area contributed by atoms with Gasteiger partial charge in [0.1, 0.15) is 11.8 Å². The minimum atomic E-state index is -1.65. The van der Waals surface area contributed by atoms with Crippen molar-refractivity contribution < 1.29 is 33.7 Å². The molecule has 47 heavy (non-hydrogen) atoms. The van der Waals surface area contributed by atoms with Crippen molar-refractivity contribution in [2.24, 2.45) is 0 Å². The molecule has 0 unspecified atom stereocenters. The van der Waals surface area contributed by atoms with E-state index < -0.39 is 34.7 Å². The summed E-state index contributed by atoms with van der Waals surface area (Å²) < 4.78 is 16.2. The van der Waals surface area contributed by atoms with E-state index in [2.05, 4.69) is 10.6 Å². The van der Waals surface area contributed by atoms with Crippen molar-refractivity contribution in [3.05, 3.63) is 88.0 Å². The Bertz CT molecular complexity index is 1620. The molecule has 5 rings (SSSR count). The number of nitrogens with one attached hydrogen (secondary N) is 2. The smallest absolute Gasteiger partial charge is 0.258 e. The molecule has 3 atom stereocenters. The number of thioether (sulfide) groups is 1. The zero-order valence-electron chi connectivity index (χ0n) is 27.7. The summed E-state index contributed by atoms with van der Waals surface area (Å²) in [5, 5.41) is 17.5. The molecule has 2 aliphatic rings. The number of aryl methyl sites for hydroxylation is 4. The maximum absolute atomic E-state index is 14.1. The number of nitrogens with zero attached hydrogens (tertiary/aromatic N) is 1. The van der Waals surface area contributed by atoms with Gasteiger partial charge in [0.25, 0.3) is 11.8 Å². The van der Waals surface area contributed by atoms with Crippen LogP contribution in [0.15, 0.2) is 54.6 Å². The van der Waals surface area contributed by atoms with Gasteiger partial charge in [0.15, 0.2) is 24.2 Å². The van der Waals surface area contributed by atoms with Crippen LogP contribution in [0.5, 0.6) is 17.2 Å². The molecule has 2 aliphatic heterocycles. The number of aliphatic hydroxyl groups is 1. The Kier molecular flexibility index (Phi) is 10.4. The molecule has 0 saturated carbocycles. The van der Waals surface area contributed by atoms with Gasteiger partial charge in [-0.1, -0.05) is 42.5 Å². The van der Waals surface area contributed by atoms with E-state index in [0.717, 1.165) is 33.4 Å². The summed E-state index contributed by atoms with van der Waals surface area (Å²) >= 11 is 1.46. The molecule has 10 nitrogen and oxygen atoms in total. The van der Waals surface area contributed by atoms with Crippen molar-refractivity contribution in [1.82, 2.24) is 15.5 Å². The van der Waals surface area contributed by atoms with Crippen LogP contribution < -0.4 is 24.8 Å². The molecular formula is C36H43N3O7S. The molecule has 3 aromatic rings. The molecular weight excluding hydrogens is 618 g/mol. The predicted octanol–water partition coefficient (Wildman–Crippen LogP) is 4.11. The fraction of sp³-hybridized carbons (Fsp3) is 0.417. The first-order valence-electron chi connectivity index (χ1n) is 15.7. The van der Waals surface area contributed by atoms with Crippen molar-refractivity contribution in [2.75, 3.05) is 19.3 Å². The molecule has 1 fully saturated rings. The average Bonchev–Trinajstić information content (AvgIpc) is 3.62. The fourth-order valence-corrected chi connectivity index (χ4v) is 7.27. The number of ether oxygens (including phenoxy) is 3. The topological polar surface area (TPSA) is 126 Å². The van der Waals surface area contributed by atoms with Crippen molar-refractivity contribution in [1.29, 1.82) is 0 Å². The average molecular weight is 662 g/mol. The van der Waals surface area contributed by atoms with Gasteiger partial charge in [-0.3, -0.25) is 14.4 Å². The van der Waals surface area contributed by atoms with E-state index in [1.165, 1.54) is 16.7 Å². The molecule has 0 aromatic heterocycles. The van der Waals surface area contributed by atoms with Gasteiger partial charge in [0.2, 0.25) is 12.7 Å². The maximum atomic E-state index is 14.1. The van der Waals surface area contributed by atoms with Crippen molar-refractivity contribution in [3.63, 3.8) is 0 Å². The van der Waals surface area contributed by atoms with Crippen molar-refractivity contribution in [3.8, 4) is 17.2 Å². The van der Waals surface area contributed by atoms with Crippen LogP contribution in [0.1, 0.15) is 47.2 Å². The number of carbonyl (C=O) groups is 3. The Balaban J connectivity index is 1.34. The molecule has 0 radical (unpaired) electrons. The highest BCUT2D eigenvalue weighted by Crippen LogP contribution is 2.40. The van der Waals surface area contributed by atoms with Crippen LogP contribution in [0.2, 0.25) is 0 Å². The largest absolute Gasteiger partial charge is 0.483 e. The zero-order chi connectivity index (χ0) is 33.9. The molecule has 3 aromatic carbocycles. The van der Waals surface area contributed by atoms with Crippen LogP contribution in [-0.4, -0.2) is 69.9 Å². The van der Waals surface area contributed by atoms with Crippen LogP contribution in [0.3, 0.4) is 0 Å². The highest BCUT2D eigenvalue weighted by molar-refractivity contribution is 8.00. The molecule has 11 heteroatoms. The number of benzene rings is 3. The fourth-order valence-electron chi connectivity index (χ4n) is 6.13. The Morgan fingerprint density at radius 3 is 2.30 bits per heavy atom. The van der Waals surface area contributed by atoms with Crippen molar-refractivity contribution in [2.45, 2.75) is 77.4 Å². The summed E-state index contributed by atoms with van der Waals surface area (Å²) in [6.45, 7) is 11.7. The third-order valence-corrected chi connectivity index (χ3v) is 10.2. The van der Waals surface area contributed by atoms with Crippen LogP contribution >= 0.6 is 11.8 Å². The first kappa shape index (κ1) is 34.1. The molecule has 1 saturated heterocycles. The highest BCUT2D eigenvalue weighted by atomic mass is 32.2. The second-order valence-electron chi connectivity index (χ2n) is 12.7.